The van der Waals surface area contributed by atoms with E-state index < -0.39 is 9.84 Å². The lowest BCUT2D eigenvalue weighted by Crippen LogP contribution is -2.38. The monoisotopic (exact) mass is 370 g/mol. The molecule has 0 atom stereocenters. The minimum absolute atomic E-state index is 0.106. The molecule has 1 aliphatic carbocycles. The van der Waals surface area contributed by atoms with E-state index in [4.69, 9.17) is 23.2 Å². The molecule has 1 fully saturated rings. The summed E-state index contributed by atoms with van der Waals surface area (Å²) in [5, 5.41) is 1.37. The number of benzene rings is 1. The van der Waals surface area contributed by atoms with Gasteiger partial charge < -0.3 is 0 Å². The molecule has 18 heavy (non-hydrogen) atoms. The maximum atomic E-state index is 12.3. The van der Waals surface area contributed by atoms with E-state index in [1.165, 1.54) is 18.2 Å². The predicted octanol–water partition coefficient (Wildman–Crippen LogP) is 4.33. The molecule has 100 valence electrons. The second-order valence-corrected chi connectivity index (χ2v) is 8.19. The highest BCUT2D eigenvalue weighted by Gasteiger charge is 2.40. The zero-order valence-electron chi connectivity index (χ0n) is 9.63. The molecule has 6 heteroatoms. The van der Waals surface area contributed by atoms with E-state index >= 15 is 0 Å². The quantitative estimate of drug-likeness (QED) is 0.738. The van der Waals surface area contributed by atoms with Gasteiger partial charge in [-0.05, 0) is 36.5 Å². The van der Waals surface area contributed by atoms with Crippen molar-refractivity contribution in [3.8, 4) is 0 Å². The van der Waals surface area contributed by atoms with Gasteiger partial charge in [0.1, 0.15) is 0 Å². The van der Waals surface area contributed by atoms with Crippen LogP contribution in [0.1, 0.15) is 19.3 Å². The normalized spacial score (nSPS) is 18.4. The molecule has 0 radical (unpaired) electrons. The van der Waals surface area contributed by atoms with E-state index in [1.807, 2.05) is 0 Å². The summed E-state index contributed by atoms with van der Waals surface area (Å²) in [7, 11) is -3.30. The molecule has 1 aliphatic rings. The number of rotatable bonds is 4. The zero-order valence-corrected chi connectivity index (χ0v) is 13.5. The van der Waals surface area contributed by atoms with Gasteiger partial charge in [-0.1, -0.05) is 45.6 Å². The summed E-state index contributed by atoms with van der Waals surface area (Å²) in [6.07, 6.45) is 3.01. The Morgan fingerprint density at radius 2 is 1.89 bits per heavy atom. The Morgan fingerprint density at radius 1 is 1.22 bits per heavy atom. The molecule has 1 saturated carbocycles. The Hall–Kier alpha value is 0.230. The van der Waals surface area contributed by atoms with Crippen molar-refractivity contribution in [1.82, 2.24) is 0 Å². The van der Waals surface area contributed by atoms with E-state index in [0.717, 1.165) is 24.6 Å². The lowest BCUT2D eigenvalue weighted by Gasteiger charge is -2.40. The minimum atomic E-state index is -3.30. The van der Waals surface area contributed by atoms with Crippen molar-refractivity contribution in [3.05, 3.63) is 28.2 Å². The van der Waals surface area contributed by atoms with Crippen LogP contribution in [0.3, 0.4) is 0 Å². The average molecular weight is 372 g/mol. The number of sulfone groups is 1. The summed E-state index contributed by atoms with van der Waals surface area (Å²) < 4.78 is 24.7. The Bertz CT molecular complexity index is 548. The predicted molar refractivity (Wildman–Crippen MR) is 78.6 cm³/mol. The van der Waals surface area contributed by atoms with Crippen molar-refractivity contribution in [2.75, 3.05) is 11.1 Å². The SMILES string of the molecule is O=S(=O)(CC1(CBr)CCC1)c1ccc(Cl)c(Cl)c1. The first kappa shape index (κ1) is 14.6. The van der Waals surface area contributed by atoms with E-state index in [9.17, 15) is 8.42 Å². The maximum absolute atomic E-state index is 12.3. The molecule has 0 aliphatic heterocycles. The van der Waals surface area contributed by atoms with Crippen LogP contribution in [0.4, 0.5) is 0 Å². The van der Waals surface area contributed by atoms with Crippen molar-refractivity contribution in [2.24, 2.45) is 5.41 Å². The van der Waals surface area contributed by atoms with Crippen molar-refractivity contribution in [3.63, 3.8) is 0 Å². The largest absolute Gasteiger partial charge is 0.224 e. The zero-order chi connectivity index (χ0) is 13.4. The molecule has 0 amide bonds. The van der Waals surface area contributed by atoms with Crippen molar-refractivity contribution >= 4 is 49.0 Å². The number of hydrogen-bond acceptors (Lipinski definition) is 2. The van der Waals surface area contributed by atoms with Crippen LogP contribution in [0.2, 0.25) is 10.0 Å². The molecule has 0 N–H and O–H groups in total. The van der Waals surface area contributed by atoms with Crippen molar-refractivity contribution < 1.29 is 8.42 Å². The molecule has 0 heterocycles. The second-order valence-electron chi connectivity index (χ2n) is 4.82. The maximum Gasteiger partial charge on any atom is 0.179 e. The molecule has 0 saturated heterocycles. The lowest BCUT2D eigenvalue weighted by molar-refractivity contribution is 0.203. The fraction of sp³-hybridized carbons (Fsp3) is 0.500. The highest BCUT2D eigenvalue weighted by molar-refractivity contribution is 9.09. The van der Waals surface area contributed by atoms with Gasteiger partial charge in [0, 0.05) is 5.33 Å². The third kappa shape index (κ3) is 2.87. The molecule has 1 aromatic rings. The van der Waals surface area contributed by atoms with Crippen LogP contribution < -0.4 is 0 Å². The summed E-state index contributed by atoms with van der Waals surface area (Å²) in [5.41, 5.74) is -0.106. The average Bonchev–Trinajstić information content (AvgIpc) is 2.27. The van der Waals surface area contributed by atoms with Crippen LogP contribution >= 0.6 is 39.1 Å². The second kappa shape index (κ2) is 5.31. The summed E-state index contributed by atoms with van der Waals surface area (Å²) in [5.74, 6) is 0.170. The Kier molecular flexibility index (Phi) is 4.32. The van der Waals surface area contributed by atoms with Gasteiger partial charge in [0.2, 0.25) is 0 Å². The Morgan fingerprint density at radius 3 is 2.33 bits per heavy atom. The fourth-order valence-corrected chi connectivity index (χ4v) is 5.47. The third-order valence-electron chi connectivity index (χ3n) is 3.44. The summed E-state index contributed by atoms with van der Waals surface area (Å²) >= 11 is 15.1. The van der Waals surface area contributed by atoms with Gasteiger partial charge in [-0.3, -0.25) is 0 Å². The van der Waals surface area contributed by atoms with Crippen LogP contribution in [0.25, 0.3) is 0 Å². The smallest absolute Gasteiger partial charge is 0.179 e. The topological polar surface area (TPSA) is 34.1 Å². The number of halogens is 3. The standard InChI is InChI=1S/C12H13BrCl2O2S/c13-7-12(4-1-5-12)8-18(16,17)9-2-3-10(14)11(15)6-9/h2-3,6H,1,4-5,7-8H2. The summed E-state index contributed by atoms with van der Waals surface area (Å²) in [6, 6.07) is 4.47. The van der Waals surface area contributed by atoms with Gasteiger partial charge in [-0.15, -0.1) is 0 Å². The van der Waals surface area contributed by atoms with Gasteiger partial charge >= 0.3 is 0 Å². The fourth-order valence-electron chi connectivity index (χ4n) is 2.15. The molecule has 0 unspecified atom stereocenters. The third-order valence-corrected chi connectivity index (χ3v) is 7.34. The first-order valence-electron chi connectivity index (χ1n) is 5.62. The Balaban J connectivity index is 2.28. The van der Waals surface area contributed by atoms with Gasteiger partial charge in [0.15, 0.2) is 9.84 Å². The van der Waals surface area contributed by atoms with E-state index in [1.54, 1.807) is 0 Å². The summed E-state index contributed by atoms with van der Waals surface area (Å²) in [6.45, 7) is 0. The molecule has 2 rings (SSSR count). The van der Waals surface area contributed by atoms with Crippen LogP contribution in [-0.2, 0) is 9.84 Å². The first-order chi connectivity index (χ1) is 8.38. The minimum Gasteiger partial charge on any atom is -0.224 e. The van der Waals surface area contributed by atoms with Crippen LogP contribution in [0.15, 0.2) is 23.1 Å². The van der Waals surface area contributed by atoms with Crippen LogP contribution in [0, 0.1) is 5.41 Å². The van der Waals surface area contributed by atoms with E-state index in [2.05, 4.69) is 15.9 Å². The molecule has 0 spiro atoms. The van der Waals surface area contributed by atoms with Crippen LogP contribution in [0.5, 0.6) is 0 Å². The van der Waals surface area contributed by atoms with E-state index in [-0.39, 0.29) is 21.1 Å². The highest BCUT2D eigenvalue weighted by atomic mass is 79.9. The van der Waals surface area contributed by atoms with Gasteiger partial charge in [-0.25, -0.2) is 8.42 Å². The number of alkyl halides is 1. The first-order valence-corrected chi connectivity index (χ1v) is 9.15. The highest BCUT2D eigenvalue weighted by Crippen LogP contribution is 2.44. The lowest BCUT2D eigenvalue weighted by atomic mass is 9.72. The van der Waals surface area contributed by atoms with Gasteiger partial charge in [0.25, 0.3) is 0 Å². The Labute approximate surface area is 126 Å². The molecule has 0 bridgehead atoms. The van der Waals surface area contributed by atoms with Gasteiger partial charge in [-0.2, -0.15) is 0 Å². The molecule has 1 aromatic carbocycles. The van der Waals surface area contributed by atoms with Gasteiger partial charge in [0.05, 0.1) is 20.7 Å². The van der Waals surface area contributed by atoms with E-state index in [0.29, 0.717) is 5.02 Å². The number of hydrogen-bond donors (Lipinski definition) is 0. The molecular weight excluding hydrogens is 359 g/mol. The van der Waals surface area contributed by atoms with Crippen LogP contribution in [-0.4, -0.2) is 19.5 Å². The van der Waals surface area contributed by atoms with Crippen molar-refractivity contribution in [2.45, 2.75) is 24.2 Å². The molecule has 0 aromatic heterocycles. The molecule has 2 nitrogen and oxygen atoms in total. The molecular formula is C12H13BrCl2O2S. The van der Waals surface area contributed by atoms with Crippen molar-refractivity contribution in [1.29, 1.82) is 0 Å². The summed E-state index contributed by atoms with van der Waals surface area (Å²) in [4.78, 5) is 0.254.